The Bertz CT molecular complexity index is 1020. The third-order valence-electron chi connectivity index (χ3n) is 4.73. The Morgan fingerprint density at radius 3 is 2.76 bits per heavy atom. The number of fused-ring (bicyclic) bond motifs is 1. The SMILES string of the molecule is CC1CN(C(=O)OC(C)(C)C)CCN1c1nc2cc(Cl)cc(-n3ccnc3)c2o1. The fraction of sp³-hybridized carbons (Fsp3) is 0.450. The van der Waals surface area contributed by atoms with Crippen LogP contribution in [0, 0.1) is 0 Å². The van der Waals surface area contributed by atoms with Gasteiger partial charge in [0, 0.05) is 43.1 Å². The van der Waals surface area contributed by atoms with E-state index in [0.717, 1.165) is 5.69 Å². The predicted molar refractivity (Wildman–Crippen MR) is 111 cm³/mol. The lowest BCUT2D eigenvalue weighted by molar-refractivity contribution is 0.0216. The van der Waals surface area contributed by atoms with Crippen molar-refractivity contribution in [2.45, 2.75) is 39.3 Å². The monoisotopic (exact) mass is 417 g/mol. The molecule has 2 aromatic heterocycles. The van der Waals surface area contributed by atoms with Gasteiger partial charge in [-0.2, -0.15) is 4.98 Å². The molecule has 1 aliphatic rings. The van der Waals surface area contributed by atoms with Gasteiger partial charge in [0.25, 0.3) is 6.01 Å². The normalized spacial score (nSPS) is 17.8. The zero-order chi connectivity index (χ0) is 20.8. The number of hydrogen-bond donors (Lipinski definition) is 0. The third kappa shape index (κ3) is 4.03. The van der Waals surface area contributed by atoms with Crippen molar-refractivity contribution in [3.63, 3.8) is 0 Å². The number of carbonyl (C=O) groups excluding carboxylic acids is 1. The molecule has 0 aliphatic carbocycles. The van der Waals surface area contributed by atoms with Crippen molar-refractivity contribution in [2.24, 2.45) is 0 Å². The predicted octanol–water partition coefficient (Wildman–Crippen LogP) is 4.11. The quantitative estimate of drug-likeness (QED) is 0.624. The van der Waals surface area contributed by atoms with Gasteiger partial charge < -0.3 is 23.5 Å². The van der Waals surface area contributed by atoms with Crippen molar-refractivity contribution >= 4 is 34.8 Å². The molecule has 3 aromatic rings. The Morgan fingerprint density at radius 1 is 1.31 bits per heavy atom. The molecule has 1 fully saturated rings. The molecular formula is C20H24ClN5O3. The Morgan fingerprint density at radius 2 is 2.10 bits per heavy atom. The van der Waals surface area contributed by atoms with E-state index in [9.17, 15) is 4.79 Å². The van der Waals surface area contributed by atoms with Crippen LogP contribution in [0.25, 0.3) is 16.8 Å². The largest absolute Gasteiger partial charge is 0.444 e. The summed E-state index contributed by atoms with van der Waals surface area (Å²) in [6, 6.07) is 4.15. The molecule has 8 nitrogen and oxygen atoms in total. The minimum Gasteiger partial charge on any atom is -0.444 e. The summed E-state index contributed by atoms with van der Waals surface area (Å²) in [5.74, 6) is 0. The number of ether oxygens (including phenoxy) is 1. The number of carbonyl (C=O) groups is 1. The molecule has 0 radical (unpaired) electrons. The Labute approximate surface area is 174 Å². The van der Waals surface area contributed by atoms with Crippen LogP contribution >= 0.6 is 11.6 Å². The Hall–Kier alpha value is -2.74. The number of benzene rings is 1. The second-order valence-electron chi connectivity index (χ2n) is 8.21. The summed E-state index contributed by atoms with van der Waals surface area (Å²) in [6.45, 7) is 9.30. The average molecular weight is 418 g/mol. The number of hydrogen-bond acceptors (Lipinski definition) is 6. The van der Waals surface area contributed by atoms with Gasteiger partial charge in [-0.3, -0.25) is 0 Å². The molecule has 1 unspecified atom stereocenters. The number of oxazole rings is 1. The number of nitrogens with zero attached hydrogens (tertiary/aromatic N) is 5. The van der Waals surface area contributed by atoms with Crippen LogP contribution < -0.4 is 4.90 Å². The molecule has 0 saturated carbocycles. The second kappa shape index (κ2) is 7.26. The first-order valence-corrected chi connectivity index (χ1v) is 9.92. The number of amides is 1. The standard InChI is InChI=1S/C20H24ClN5O3/c1-13-11-24(19(27)29-20(2,3)4)7-8-26(13)18-23-15-9-14(21)10-16(17(15)28-18)25-6-5-22-12-25/h5-6,9-10,12-13H,7-8,11H2,1-4H3. The first-order chi connectivity index (χ1) is 13.7. The highest BCUT2D eigenvalue weighted by atomic mass is 35.5. The van der Waals surface area contributed by atoms with Crippen LogP contribution in [0.4, 0.5) is 10.8 Å². The van der Waals surface area contributed by atoms with Gasteiger partial charge in [0.15, 0.2) is 5.58 Å². The highest BCUT2D eigenvalue weighted by Gasteiger charge is 2.32. The Balaban J connectivity index is 1.58. The maximum absolute atomic E-state index is 12.4. The van der Waals surface area contributed by atoms with Gasteiger partial charge in [0.1, 0.15) is 11.1 Å². The minimum absolute atomic E-state index is 0.0245. The molecule has 1 amide bonds. The third-order valence-corrected chi connectivity index (χ3v) is 4.95. The van der Waals surface area contributed by atoms with Crippen molar-refractivity contribution in [1.29, 1.82) is 0 Å². The van der Waals surface area contributed by atoms with E-state index < -0.39 is 5.60 Å². The molecule has 9 heteroatoms. The van der Waals surface area contributed by atoms with E-state index in [2.05, 4.69) is 14.9 Å². The fourth-order valence-electron chi connectivity index (χ4n) is 3.42. The number of aromatic nitrogens is 3. The number of anilines is 1. The van der Waals surface area contributed by atoms with Gasteiger partial charge in [-0.1, -0.05) is 11.6 Å². The molecule has 1 aromatic carbocycles. The van der Waals surface area contributed by atoms with E-state index in [1.165, 1.54) is 0 Å². The van der Waals surface area contributed by atoms with Crippen LogP contribution in [-0.4, -0.2) is 56.8 Å². The fourth-order valence-corrected chi connectivity index (χ4v) is 3.63. The summed E-state index contributed by atoms with van der Waals surface area (Å²) in [7, 11) is 0. The molecule has 0 N–H and O–H groups in total. The van der Waals surface area contributed by atoms with E-state index >= 15 is 0 Å². The first kappa shape index (κ1) is 19.6. The van der Waals surface area contributed by atoms with Gasteiger partial charge in [-0.15, -0.1) is 0 Å². The molecule has 1 aliphatic heterocycles. The van der Waals surface area contributed by atoms with Gasteiger partial charge in [-0.25, -0.2) is 9.78 Å². The van der Waals surface area contributed by atoms with E-state index in [4.69, 9.17) is 20.8 Å². The van der Waals surface area contributed by atoms with Crippen LogP contribution in [0.15, 0.2) is 35.3 Å². The van der Waals surface area contributed by atoms with Crippen molar-refractivity contribution < 1.29 is 13.9 Å². The second-order valence-corrected chi connectivity index (χ2v) is 8.64. The summed E-state index contributed by atoms with van der Waals surface area (Å²) in [4.78, 5) is 24.9. The van der Waals surface area contributed by atoms with Gasteiger partial charge >= 0.3 is 6.09 Å². The van der Waals surface area contributed by atoms with E-state index in [1.54, 1.807) is 23.5 Å². The highest BCUT2D eigenvalue weighted by molar-refractivity contribution is 6.31. The highest BCUT2D eigenvalue weighted by Crippen LogP contribution is 2.32. The van der Waals surface area contributed by atoms with Crippen LogP contribution in [0.2, 0.25) is 5.02 Å². The molecule has 4 rings (SSSR count). The van der Waals surface area contributed by atoms with Crippen LogP contribution in [0.1, 0.15) is 27.7 Å². The summed E-state index contributed by atoms with van der Waals surface area (Å²) < 4.78 is 13.5. The summed E-state index contributed by atoms with van der Waals surface area (Å²) >= 11 is 6.28. The number of piperazine rings is 1. The van der Waals surface area contributed by atoms with E-state index in [1.807, 2.05) is 44.5 Å². The molecule has 1 atom stereocenters. The first-order valence-electron chi connectivity index (χ1n) is 9.54. The summed E-state index contributed by atoms with van der Waals surface area (Å²) in [5.41, 5.74) is 1.59. The lowest BCUT2D eigenvalue weighted by Gasteiger charge is -2.39. The van der Waals surface area contributed by atoms with E-state index in [-0.39, 0.29) is 12.1 Å². The molecule has 3 heterocycles. The van der Waals surface area contributed by atoms with E-state index in [0.29, 0.717) is 41.8 Å². The van der Waals surface area contributed by atoms with Crippen molar-refractivity contribution in [1.82, 2.24) is 19.4 Å². The number of imidazole rings is 1. The molecule has 0 bridgehead atoms. The zero-order valence-corrected chi connectivity index (χ0v) is 17.7. The molecule has 29 heavy (non-hydrogen) atoms. The average Bonchev–Trinajstić information content (AvgIpc) is 3.29. The summed E-state index contributed by atoms with van der Waals surface area (Å²) in [6.07, 6.45) is 4.92. The maximum atomic E-state index is 12.4. The maximum Gasteiger partial charge on any atom is 0.410 e. The number of halogens is 1. The molecule has 0 spiro atoms. The van der Waals surface area contributed by atoms with Crippen molar-refractivity contribution in [3.8, 4) is 5.69 Å². The smallest absolute Gasteiger partial charge is 0.410 e. The topological polar surface area (TPSA) is 76.6 Å². The molecular weight excluding hydrogens is 394 g/mol. The van der Waals surface area contributed by atoms with Crippen molar-refractivity contribution in [2.75, 3.05) is 24.5 Å². The van der Waals surface area contributed by atoms with Gasteiger partial charge in [-0.05, 0) is 39.8 Å². The molecule has 1 saturated heterocycles. The lowest BCUT2D eigenvalue weighted by atomic mass is 10.2. The summed E-state index contributed by atoms with van der Waals surface area (Å²) in [5, 5.41) is 0.573. The van der Waals surface area contributed by atoms with Crippen molar-refractivity contribution in [3.05, 3.63) is 35.9 Å². The lowest BCUT2D eigenvalue weighted by Crippen LogP contribution is -2.54. The van der Waals surface area contributed by atoms with Gasteiger partial charge in [0.2, 0.25) is 0 Å². The number of rotatable bonds is 2. The van der Waals surface area contributed by atoms with Gasteiger partial charge in [0.05, 0.1) is 12.0 Å². The zero-order valence-electron chi connectivity index (χ0n) is 16.9. The van der Waals surface area contributed by atoms with Crippen LogP contribution in [0.5, 0.6) is 0 Å². The molecule has 154 valence electrons. The van der Waals surface area contributed by atoms with Crippen LogP contribution in [-0.2, 0) is 4.74 Å². The van der Waals surface area contributed by atoms with Crippen LogP contribution in [0.3, 0.4) is 0 Å². The minimum atomic E-state index is -0.513. The Kier molecular flexibility index (Phi) is 4.90.